The summed E-state index contributed by atoms with van der Waals surface area (Å²) in [4.78, 5) is 2.61. The monoisotopic (exact) mass is 268 g/mol. The Balaban J connectivity index is 1.69. The lowest BCUT2D eigenvalue weighted by atomic mass is 9.77. The molecule has 3 unspecified atom stereocenters. The van der Waals surface area contributed by atoms with Crippen molar-refractivity contribution in [1.82, 2.24) is 4.90 Å². The molecule has 0 aromatic carbocycles. The molecular weight excluding hydrogens is 240 g/mol. The van der Waals surface area contributed by atoms with Gasteiger partial charge in [0.1, 0.15) is 0 Å². The molecule has 3 aliphatic rings. The van der Waals surface area contributed by atoms with Crippen LogP contribution in [0.25, 0.3) is 0 Å². The lowest BCUT2D eigenvalue weighted by Gasteiger charge is -2.47. The minimum Gasteiger partial charge on any atom is -0.346 e. The zero-order valence-electron chi connectivity index (χ0n) is 12.1. The summed E-state index contributed by atoms with van der Waals surface area (Å²) in [5.41, 5.74) is 6.00. The number of piperidine rings is 1. The fourth-order valence-corrected chi connectivity index (χ4v) is 4.17. The maximum atomic E-state index is 6.00. The van der Waals surface area contributed by atoms with E-state index in [1.165, 1.54) is 32.2 Å². The molecule has 110 valence electrons. The van der Waals surface area contributed by atoms with Gasteiger partial charge in [-0.05, 0) is 44.2 Å². The first-order chi connectivity index (χ1) is 9.22. The minimum absolute atomic E-state index is 0.294. The molecule has 1 spiro atoms. The van der Waals surface area contributed by atoms with Crippen molar-refractivity contribution in [3.8, 4) is 0 Å². The van der Waals surface area contributed by atoms with E-state index in [1.54, 1.807) is 0 Å². The van der Waals surface area contributed by atoms with Crippen LogP contribution in [0.5, 0.6) is 0 Å². The summed E-state index contributed by atoms with van der Waals surface area (Å²) in [7, 11) is 0. The second-order valence-corrected chi connectivity index (χ2v) is 6.66. The fraction of sp³-hybridized carbons (Fsp3) is 1.00. The average molecular weight is 268 g/mol. The quantitative estimate of drug-likeness (QED) is 0.826. The number of likely N-dealkylation sites (tertiary alicyclic amines) is 1. The zero-order valence-corrected chi connectivity index (χ0v) is 12.1. The smallest absolute Gasteiger partial charge is 0.181 e. The Morgan fingerprint density at radius 1 is 1.26 bits per heavy atom. The van der Waals surface area contributed by atoms with Crippen LogP contribution >= 0.6 is 0 Å². The molecule has 3 rings (SSSR count). The molecule has 3 atom stereocenters. The maximum absolute atomic E-state index is 6.00. The summed E-state index contributed by atoms with van der Waals surface area (Å²) in [6, 6.07) is 0.638. The zero-order chi connectivity index (χ0) is 13.3. The molecule has 3 fully saturated rings. The van der Waals surface area contributed by atoms with E-state index >= 15 is 0 Å². The van der Waals surface area contributed by atoms with Crippen LogP contribution in [0.1, 0.15) is 39.0 Å². The molecule has 0 radical (unpaired) electrons. The van der Waals surface area contributed by atoms with Gasteiger partial charge in [-0.25, -0.2) is 0 Å². The van der Waals surface area contributed by atoms with E-state index in [0.717, 1.165) is 38.6 Å². The average Bonchev–Trinajstić information content (AvgIpc) is 2.86. The number of nitrogens with zero attached hydrogens (tertiary/aromatic N) is 1. The lowest BCUT2D eigenvalue weighted by molar-refractivity contribution is -0.197. The van der Waals surface area contributed by atoms with Crippen LogP contribution in [0.3, 0.4) is 0 Å². The van der Waals surface area contributed by atoms with Gasteiger partial charge in [0.2, 0.25) is 0 Å². The SMILES string of the molecule is CC1CCC(CN)C(N2CCCC3(C2)OCCO3)C1. The molecule has 1 aliphatic carbocycles. The number of nitrogens with two attached hydrogens (primary N) is 1. The molecule has 2 heterocycles. The van der Waals surface area contributed by atoms with E-state index in [1.807, 2.05) is 0 Å². The van der Waals surface area contributed by atoms with Crippen molar-refractivity contribution < 1.29 is 9.47 Å². The molecule has 4 heteroatoms. The fourth-order valence-electron chi connectivity index (χ4n) is 4.17. The summed E-state index contributed by atoms with van der Waals surface area (Å²) in [6.07, 6.45) is 6.15. The molecule has 1 saturated carbocycles. The largest absolute Gasteiger partial charge is 0.346 e. The summed E-state index contributed by atoms with van der Waals surface area (Å²) in [5, 5.41) is 0. The van der Waals surface area contributed by atoms with E-state index in [4.69, 9.17) is 15.2 Å². The minimum atomic E-state index is -0.294. The molecule has 2 aliphatic heterocycles. The third-order valence-corrected chi connectivity index (χ3v) is 5.25. The van der Waals surface area contributed by atoms with E-state index in [2.05, 4.69) is 11.8 Å². The predicted octanol–water partition coefficient (Wildman–Crippen LogP) is 1.59. The van der Waals surface area contributed by atoms with Crippen LogP contribution in [0, 0.1) is 11.8 Å². The highest BCUT2D eigenvalue weighted by molar-refractivity contribution is 4.92. The molecule has 2 saturated heterocycles. The van der Waals surface area contributed by atoms with Crippen molar-refractivity contribution in [1.29, 1.82) is 0 Å². The van der Waals surface area contributed by atoms with Gasteiger partial charge < -0.3 is 15.2 Å². The van der Waals surface area contributed by atoms with E-state index in [9.17, 15) is 0 Å². The first-order valence-electron chi connectivity index (χ1n) is 7.94. The normalized spacial score (nSPS) is 39.8. The molecule has 0 amide bonds. The molecule has 2 N–H and O–H groups in total. The van der Waals surface area contributed by atoms with E-state index in [-0.39, 0.29) is 5.79 Å². The van der Waals surface area contributed by atoms with Crippen LogP contribution in [-0.2, 0) is 9.47 Å². The molecule has 19 heavy (non-hydrogen) atoms. The van der Waals surface area contributed by atoms with Gasteiger partial charge in [-0.15, -0.1) is 0 Å². The first-order valence-corrected chi connectivity index (χ1v) is 7.94. The van der Waals surface area contributed by atoms with Gasteiger partial charge in [0.15, 0.2) is 5.79 Å². The Morgan fingerprint density at radius 3 is 2.79 bits per heavy atom. The molecule has 0 bridgehead atoms. The number of ether oxygens (including phenoxy) is 2. The first kappa shape index (κ1) is 13.8. The highest BCUT2D eigenvalue weighted by Gasteiger charge is 2.44. The van der Waals surface area contributed by atoms with Gasteiger partial charge >= 0.3 is 0 Å². The molecule has 4 nitrogen and oxygen atoms in total. The lowest BCUT2D eigenvalue weighted by Crippen LogP contribution is -2.56. The third-order valence-electron chi connectivity index (χ3n) is 5.25. The van der Waals surface area contributed by atoms with Gasteiger partial charge in [-0.1, -0.05) is 13.3 Å². The second kappa shape index (κ2) is 5.68. The van der Waals surface area contributed by atoms with Crippen molar-refractivity contribution in [3.63, 3.8) is 0 Å². The van der Waals surface area contributed by atoms with Crippen molar-refractivity contribution in [3.05, 3.63) is 0 Å². The topological polar surface area (TPSA) is 47.7 Å². The highest BCUT2D eigenvalue weighted by atomic mass is 16.7. The molecule has 0 aromatic rings. The number of hydrogen-bond donors (Lipinski definition) is 1. The van der Waals surface area contributed by atoms with Crippen LogP contribution in [0.2, 0.25) is 0 Å². The molecule has 0 aromatic heterocycles. The van der Waals surface area contributed by atoms with Gasteiger partial charge in [-0.3, -0.25) is 4.90 Å². The van der Waals surface area contributed by atoms with Crippen LogP contribution in [-0.4, -0.2) is 49.6 Å². The van der Waals surface area contributed by atoms with Gasteiger partial charge in [0, 0.05) is 12.5 Å². The maximum Gasteiger partial charge on any atom is 0.181 e. The predicted molar refractivity (Wildman–Crippen MR) is 74.8 cm³/mol. The molecular formula is C15H28N2O2. The Hall–Kier alpha value is -0.160. The Bertz CT molecular complexity index is 305. The summed E-state index contributed by atoms with van der Waals surface area (Å²) < 4.78 is 11.8. The van der Waals surface area contributed by atoms with Gasteiger partial charge in [0.05, 0.1) is 19.8 Å². The van der Waals surface area contributed by atoms with Crippen LogP contribution < -0.4 is 5.73 Å². The third kappa shape index (κ3) is 2.82. The summed E-state index contributed by atoms with van der Waals surface area (Å²) >= 11 is 0. The van der Waals surface area contributed by atoms with E-state index in [0.29, 0.717) is 12.0 Å². The van der Waals surface area contributed by atoms with Crippen molar-refractivity contribution in [2.75, 3.05) is 32.8 Å². The Morgan fingerprint density at radius 2 is 2.05 bits per heavy atom. The highest BCUT2D eigenvalue weighted by Crippen LogP contribution is 2.37. The van der Waals surface area contributed by atoms with Crippen molar-refractivity contribution in [2.45, 2.75) is 50.9 Å². The summed E-state index contributed by atoms with van der Waals surface area (Å²) in [6.45, 7) is 6.85. The van der Waals surface area contributed by atoms with Gasteiger partial charge in [0.25, 0.3) is 0 Å². The Kier molecular flexibility index (Phi) is 4.13. The van der Waals surface area contributed by atoms with Gasteiger partial charge in [-0.2, -0.15) is 0 Å². The van der Waals surface area contributed by atoms with Crippen molar-refractivity contribution >= 4 is 0 Å². The van der Waals surface area contributed by atoms with Crippen LogP contribution in [0.15, 0.2) is 0 Å². The number of rotatable bonds is 2. The second-order valence-electron chi connectivity index (χ2n) is 6.66. The van der Waals surface area contributed by atoms with Crippen molar-refractivity contribution in [2.24, 2.45) is 17.6 Å². The summed E-state index contributed by atoms with van der Waals surface area (Å²) in [5.74, 6) is 1.20. The van der Waals surface area contributed by atoms with E-state index < -0.39 is 0 Å². The Labute approximate surface area is 116 Å². The van der Waals surface area contributed by atoms with Crippen LogP contribution in [0.4, 0.5) is 0 Å². The number of hydrogen-bond acceptors (Lipinski definition) is 4. The standard InChI is InChI=1S/C15H28N2O2/c1-12-3-4-13(10-16)14(9-12)17-6-2-5-15(11-17)18-7-8-19-15/h12-14H,2-11,16H2,1H3.